The Morgan fingerprint density at radius 3 is 2.82 bits per heavy atom. The summed E-state index contributed by atoms with van der Waals surface area (Å²) in [6.45, 7) is 2.59. The first-order valence-electron chi connectivity index (χ1n) is 5.36. The van der Waals surface area contributed by atoms with Crippen LogP contribution in [0.1, 0.15) is 12.5 Å². The van der Waals surface area contributed by atoms with Crippen molar-refractivity contribution < 1.29 is 14.6 Å². The Morgan fingerprint density at radius 2 is 2.18 bits per heavy atom. The first kappa shape index (κ1) is 13.3. The molecule has 0 spiro atoms. The van der Waals surface area contributed by atoms with Crippen LogP contribution in [0.5, 0.6) is 0 Å². The van der Waals surface area contributed by atoms with Crippen molar-refractivity contribution in [2.75, 3.05) is 19.0 Å². The average Bonchev–Trinajstić information content (AvgIpc) is 2.31. The average molecular weight is 235 g/mol. The zero-order valence-corrected chi connectivity index (χ0v) is 10.1. The quantitative estimate of drug-likeness (QED) is 0.743. The highest BCUT2D eigenvalue weighted by atomic mass is 16.5. The third-order valence-corrected chi connectivity index (χ3v) is 2.36. The van der Waals surface area contributed by atoms with E-state index in [9.17, 15) is 4.79 Å². The number of hydrogen-bond donors (Lipinski definition) is 2. The molecule has 0 heterocycles. The molecule has 0 amide bonds. The second-order valence-electron chi connectivity index (χ2n) is 3.66. The van der Waals surface area contributed by atoms with E-state index in [2.05, 4.69) is 5.32 Å². The summed E-state index contributed by atoms with van der Waals surface area (Å²) in [7, 11) is 1.64. The van der Waals surface area contributed by atoms with Crippen LogP contribution in [-0.4, -0.2) is 24.7 Å². The van der Waals surface area contributed by atoms with Crippen LogP contribution in [0.25, 0.3) is 0 Å². The summed E-state index contributed by atoms with van der Waals surface area (Å²) in [5.74, 6) is -0.892. The van der Waals surface area contributed by atoms with Gasteiger partial charge in [0.2, 0.25) is 0 Å². The van der Waals surface area contributed by atoms with Gasteiger partial charge in [-0.1, -0.05) is 24.3 Å². The van der Waals surface area contributed by atoms with Gasteiger partial charge in [-0.05, 0) is 13.0 Å². The van der Waals surface area contributed by atoms with Crippen molar-refractivity contribution >= 4 is 11.7 Å². The number of methoxy groups -OCH3 is 1. The molecule has 0 saturated carbocycles. The molecule has 0 fully saturated rings. The fraction of sp³-hybridized carbons (Fsp3) is 0.308. The minimum Gasteiger partial charge on any atom is -0.478 e. The van der Waals surface area contributed by atoms with Gasteiger partial charge in [0.15, 0.2) is 0 Å². The summed E-state index contributed by atoms with van der Waals surface area (Å²) >= 11 is 0. The molecule has 0 bridgehead atoms. The molecule has 0 aliphatic carbocycles. The second kappa shape index (κ2) is 6.70. The maximum Gasteiger partial charge on any atom is 0.331 e. The normalized spacial score (nSPS) is 11.3. The smallest absolute Gasteiger partial charge is 0.331 e. The Balaban J connectivity index is 2.63. The Morgan fingerprint density at radius 1 is 1.47 bits per heavy atom. The molecular formula is C13H17NO3. The van der Waals surface area contributed by atoms with Gasteiger partial charge in [0.05, 0.1) is 6.61 Å². The lowest BCUT2D eigenvalue weighted by Gasteiger charge is -2.09. The summed E-state index contributed by atoms with van der Waals surface area (Å²) < 4.78 is 5.08. The number of carbonyl (C=O) groups is 1. The van der Waals surface area contributed by atoms with Gasteiger partial charge in [-0.3, -0.25) is 0 Å². The number of nitrogens with one attached hydrogen (secondary N) is 1. The van der Waals surface area contributed by atoms with Crippen LogP contribution in [0.2, 0.25) is 0 Å². The Hall–Kier alpha value is -1.81. The number of ether oxygens (including phenoxy) is 1. The van der Waals surface area contributed by atoms with Crippen molar-refractivity contribution in [3.05, 3.63) is 41.5 Å². The van der Waals surface area contributed by atoms with Gasteiger partial charge >= 0.3 is 5.97 Å². The zero-order valence-electron chi connectivity index (χ0n) is 10.1. The number of aliphatic carboxylic acids is 1. The van der Waals surface area contributed by atoms with E-state index in [1.54, 1.807) is 20.1 Å². The monoisotopic (exact) mass is 235 g/mol. The van der Waals surface area contributed by atoms with Gasteiger partial charge in [-0.2, -0.15) is 0 Å². The van der Waals surface area contributed by atoms with E-state index in [4.69, 9.17) is 9.84 Å². The lowest BCUT2D eigenvalue weighted by molar-refractivity contribution is -0.132. The first-order valence-corrected chi connectivity index (χ1v) is 5.36. The van der Waals surface area contributed by atoms with Crippen LogP contribution >= 0.6 is 0 Å². The molecule has 1 aromatic carbocycles. The van der Waals surface area contributed by atoms with Crippen molar-refractivity contribution in [1.82, 2.24) is 0 Å². The number of hydrogen-bond acceptors (Lipinski definition) is 3. The van der Waals surface area contributed by atoms with Crippen molar-refractivity contribution in [2.24, 2.45) is 0 Å². The molecule has 0 unspecified atom stereocenters. The number of carboxylic acids is 1. The topological polar surface area (TPSA) is 58.6 Å². The van der Waals surface area contributed by atoms with Gasteiger partial charge in [0.25, 0.3) is 0 Å². The lowest BCUT2D eigenvalue weighted by atomic mass is 10.2. The van der Waals surface area contributed by atoms with E-state index in [0.717, 1.165) is 11.3 Å². The highest BCUT2D eigenvalue weighted by Gasteiger charge is 2.01. The molecule has 0 aliphatic rings. The molecule has 17 heavy (non-hydrogen) atoms. The van der Waals surface area contributed by atoms with E-state index in [-0.39, 0.29) is 0 Å². The molecular weight excluding hydrogens is 218 g/mol. The highest BCUT2D eigenvalue weighted by Crippen LogP contribution is 2.15. The molecule has 0 aromatic heterocycles. The van der Waals surface area contributed by atoms with E-state index >= 15 is 0 Å². The minimum atomic E-state index is -0.892. The SMILES string of the molecule is COCc1ccccc1NC/C=C(/C)C(=O)O. The van der Waals surface area contributed by atoms with Crippen molar-refractivity contribution in [3.63, 3.8) is 0 Å². The lowest BCUT2D eigenvalue weighted by Crippen LogP contribution is -2.05. The molecule has 0 radical (unpaired) electrons. The highest BCUT2D eigenvalue weighted by molar-refractivity contribution is 5.85. The summed E-state index contributed by atoms with van der Waals surface area (Å²) in [5.41, 5.74) is 2.35. The van der Waals surface area contributed by atoms with Crippen LogP contribution in [0.4, 0.5) is 5.69 Å². The van der Waals surface area contributed by atoms with Crippen LogP contribution in [0.15, 0.2) is 35.9 Å². The van der Waals surface area contributed by atoms with Crippen LogP contribution in [-0.2, 0) is 16.1 Å². The van der Waals surface area contributed by atoms with Gasteiger partial charge in [-0.15, -0.1) is 0 Å². The molecule has 2 N–H and O–H groups in total. The van der Waals surface area contributed by atoms with Crippen molar-refractivity contribution in [1.29, 1.82) is 0 Å². The molecule has 0 atom stereocenters. The fourth-order valence-corrected chi connectivity index (χ4v) is 1.38. The second-order valence-corrected chi connectivity index (χ2v) is 3.66. The van der Waals surface area contributed by atoms with Crippen LogP contribution < -0.4 is 5.32 Å². The van der Waals surface area contributed by atoms with Gasteiger partial charge in [-0.25, -0.2) is 4.79 Å². The number of anilines is 1. The fourth-order valence-electron chi connectivity index (χ4n) is 1.38. The summed E-state index contributed by atoms with van der Waals surface area (Å²) in [4.78, 5) is 10.6. The predicted molar refractivity (Wildman–Crippen MR) is 67.0 cm³/mol. The largest absolute Gasteiger partial charge is 0.478 e. The molecule has 0 saturated heterocycles. The van der Waals surface area contributed by atoms with E-state index in [1.807, 2.05) is 24.3 Å². The third-order valence-electron chi connectivity index (χ3n) is 2.36. The maximum atomic E-state index is 10.6. The molecule has 92 valence electrons. The number of para-hydroxylation sites is 1. The molecule has 4 nitrogen and oxygen atoms in total. The van der Waals surface area contributed by atoms with E-state index < -0.39 is 5.97 Å². The van der Waals surface area contributed by atoms with Crippen LogP contribution in [0, 0.1) is 0 Å². The molecule has 4 heteroatoms. The number of rotatable bonds is 6. The van der Waals surface area contributed by atoms with Gasteiger partial charge in [0, 0.05) is 30.5 Å². The third kappa shape index (κ3) is 4.28. The van der Waals surface area contributed by atoms with Crippen molar-refractivity contribution in [3.8, 4) is 0 Å². The predicted octanol–water partition coefficient (Wildman–Crippen LogP) is 2.28. The standard InChI is InChI=1S/C13H17NO3/c1-10(13(15)16)7-8-14-12-6-4-3-5-11(12)9-17-2/h3-7,14H,8-9H2,1-2H3,(H,15,16)/b10-7-. The van der Waals surface area contributed by atoms with Crippen LogP contribution in [0.3, 0.4) is 0 Å². The number of carboxylic acid groups (broad SMARTS) is 1. The molecule has 1 aromatic rings. The maximum absolute atomic E-state index is 10.6. The molecule has 1 rings (SSSR count). The van der Waals surface area contributed by atoms with Gasteiger partial charge < -0.3 is 15.2 Å². The zero-order chi connectivity index (χ0) is 12.7. The first-order chi connectivity index (χ1) is 8.15. The van der Waals surface area contributed by atoms with E-state index in [0.29, 0.717) is 18.7 Å². The Bertz CT molecular complexity index is 413. The Labute approximate surface area is 101 Å². The number of benzene rings is 1. The van der Waals surface area contributed by atoms with Gasteiger partial charge in [0.1, 0.15) is 0 Å². The minimum absolute atomic E-state index is 0.335. The summed E-state index contributed by atoms with van der Waals surface area (Å²) in [6.07, 6.45) is 1.64. The summed E-state index contributed by atoms with van der Waals surface area (Å²) in [5, 5.41) is 11.9. The Kier molecular flexibility index (Phi) is 5.23. The van der Waals surface area contributed by atoms with Crippen molar-refractivity contribution in [2.45, 2.75) is 13.5 Å². The summed E-state index contributed by atoms with van der Waals surface area (Å²) in [6, 6.07) is 7.78. The van der Waals surface area contributed by atoms with E-state index in [1.165, 1.54) is 0 Å². The molecule has 0 aliphatic heterocycles.